The Kier molecular flexibility index (Phi) is 3.38. The van der Waals surface area contributed by atoms with Crippen LogP contribution in [0.4, 0.5) is 5.82 Å². The van der Waals surface area contributed by atoms with Gasteiger partial charge < -0.3 is 5.73 Å². The smallest absolute Gasteiger partial charge is 0.283 e. The largest absolute Gasteiger partial charge is 0.384 e. The number of aryl methyl sites for hydroxylation is 1. The van der Waals surface area contributed by atoms with Gasteiger partial charge in [0.1, 0.15) is 5.82 Å². The molecule has 0 fully saturated rings. The van der Waals surface area contributed by atoms with Gasteiger partial charge in [-0.15, -0.1) is 11.3 Å². The zero-order chi connectivity index (χ0) is 15.1. The fraction of sp³-hybridized carbons (Fsp3) is 0.0714. The van der Waals surface area contributed by atoms with E-state index in [0.717, 1.165) is 5.69 Å². The molecule has 5 nitrogen and oxygen atoms in total. The van der Waals surface area contributed by atoms with Crippen LogP contribution in [0, 0.1) is 6.92 Å². The SMILES string of the molecule is Cc1csc2nc(=O)c(C=C3C=CC(=O)C(Br)=C3)c(N)n12. The van der Waals surface area contributed by atoms with Crippen LogP contribution in [0.1, 0.15) is 11.3 Å². The minimum atomic E-state index is -0.378. The number of fused-ring (bicyclic) bond motifs is 1. The maximum absolute atomic E-state index is 12.1. The molecule has 2 aromatic heterocycles. The third-order valence-electron chi connectivity index (χ3n) is 3.09. The average Bonchev–Trinajstić information content (AvgIpc) is 2.80. The molecule has 0 unspecified atom stereocenters. The predicted octanol–water partition coefficient (Wildman–Crippen LogP) is 2.45. The first kappa shape index (κ1) is 14.0. The molecule has 2 N–H and O–H groups in total. The van der Waals surface area contributed by atoms with Crippen LogP contribution in [0.25, 0.3) is 11.0 Å². The first-order valence-corrected chi connectivity index (χ1v) is 7.72. The van der Waals surface area contributed by atoms with Crippen molar-refractivity contribution in [1.29, 1.82) is 0 Å². The number of nitrogens with zero attached hydrogens (tertiary/aromatic N) is 2. The maximum atomic E-state index is 12.1. The van der Waals surface area contributed by atoms with Crippen molar-refractivity contribution in [3.8, 4) is 0 Å². The molecule has 1 aliphatic rings. The van der Waals surface area contributed by atoms with Crippen LogP contribution < -0.4 is 11.3 Å². The molecule has 1 aliphatic carbocycles. The van der Waals surface area contributed by atoms with E-state index in [4.69, 9.17) is 5.73 Å². The highest BCUT2D eigenvalue weighted by Crippen LogP contribution is 2.23. The first-order valence-electron chi connectivity index (χ1n) is 6.05. The zero-order valence-corrected chi connectivity index (χ0v) is 13.4. The normalized spacial score (nSPS) is 16.8. The number of thiazole rings is 1. The van der Waals surface area contributed by atoms with Crippen LogP contribution in [0.3, 0.4) is 0 Å². The molecule has 0 atom stereocenters. The lowest BCUT2D eigenvalue weighted by molar-refractivity contribution is -0.110. The fourth-order valence-electron chi connectivity index (χ4n) is 2.05. The van der Waals surface area contributed by atoms with Crippen LogP contribution >= 0.6 is 27.3 Å². The minimum Gasteiger partial charge on any atom is -0.384 e. The Labute approximate surface area is 132 Å². The number of aromatic nitrogens is 2. The molecule has 0 bridgehead atoms. The number of anilines is 1. The Bertz CT molecular complexity index is 918. The predicted molar refractivity (Wildman–Crippen MR) is 87.6 cm³/mol. The summed E-state index contributed by atoms with van der Waals surface area (Å²) in [5.74, 6) is 0.241. The number of halogens is 1. The van der Waals surface area contributed by atoms with Crippen molar-refractivity contribution in [2.45, 2.75) is 6.92 Å². The van der Waals surface area contributed by atoms with Crippen molar-refractivity contribution in [2.24, 2.45) is 0 Å². The van der Waals surface area contributed by atoms with Crippen LogP contribution in [-0.4, -0.2) is 15.2 Å². The number of nitrogen functional groups attached to an aromatic ring is 1. The molecule has 7 heteroatoms. The summed E-state index contributed by atoms with van der Waals surface area (Å²) in [6.45, 7) is 1.90. The molecule has 2 aromatic rings. The molecule has 2 heterocycles. The number of ketones is 1. The van der Waals surface area contributed by atoms with Crippen molar-refractivity contribution < 1.29 is 4.79 Å². The van der Waals surface area contributed by atoms with Crippen LogP contribution in [0.15, 0.2) is 38.5 Å². The summed E-state index contributed by atoms with van der Waals surface area (Å²) >= 11 is 4.55. The number of nitrogens with two attached hydrogens (primary N) is 1. The molecule has 0 saturated heterocycles. The second-order valence-electron chi connectivity index (χ2n) is 4.55. The van der Waals surface area contributed by atoms with E-state index in [-0.39, 0.29) is 11.3 Å². The lowest BCUT2D eigenvalue weighted by atomic mass is 10.1. The second kappa shape index (κ2) is 5.09. The van der Waals surface area contributed by atoms with Crippen molar-refractivity contribution in [1.82, 2.24) is 9.38 Å². The van der Waals surface area contributed by atoms with E-state index in [9.17, 15) is 9.59 Å². The lowest BCUT2D eigenvalue weighted by Crippen LogP contribution is -2.16. The van der Waals surface area contributed by atoms with E-state index in [0.29, 0.717) is 26.4 Å². The standard InChI is InChI=1S/C14H10BrN3O2S/c1-7-6-21-14-17-13(20)9(12(16)18(7)14)4-8-2-3-11(19)10(15)5-8/h2-6H,16H2,1H3. The second-order valence-corrected chi connectivity index (χ2v) is 6.24. The molecule has 0 saturated carbocycles. The van der Waals surface area contributed by atoms with Crippen molar-refractivity contribution in [3.05, 3.63) is 55.3 Å². The van der Waals surface area contributed by atoms with Gasteiger partial charge in [0.15, 0.2) is 10.7 Å². The van der Waals surface area contributed by atoms with Gasteiger partial charge >= 0.3 is 0 Å². The minimum absolute atomic E-state index is 0.112. The van der Waals surface area contributed by atoms with E-state index in [2.05, 4.69) is 20.9 Å². The maximum Gasteiger partial charge on any atom is 0.283 e. The summed E-state index contributed by atoms with van der Waals surface area (Å²) in [5, 5.41) is 1.89. The third kappa shape index (κ3) is 2.38. The Morgan fingerprint density at radius 3 is 2.86 bits per heavy atom. The summed E-state index contributed by atoms with van der Waals surface area (Å²) in [7, 11) is 0. The number of hydrogen-bond acceptors (Lipinski definition) is 5. The quantitative estimate of drug-likeness (QED) is 0.843. The number of allylic oxidation sites excluding steroid dienone is 5. The van der Waals surface area contributed by atoms with Gasteiger partial charge in [0.2, 0.25) is 0 Å². The molecule has 106 valence electrons. The van der Waals surface area contributed by atoms with Crippen LogP contribution in [0.5, 0.6) is 0 Å². The molecular formula is C14H10BrN3O2S. The summed E-state index contributed by atoms with van der Waals surface area (Å²) < 4.78 is 2.19. The third-order valence-corrected chi connectivity index (χ3v) is 4.65. The average molecular weight is 364 g/mol. The summed E-state index contributed by atoms with van der Waals surface area (Å²) in [5.41, 5.74) is 7.68. The molecule has 0 aromatic carbocycles. The van der Waals surface area contributed by atoms with E-state index in [1.165, 1.54) is 17.4 Å². The van der Waals surface area contributed by atoms with Crippen molar-refractivity contribution in [2.75, 3.05) is 5.73 Å². The van der Waals surface area contributed by atoms with Gasteiger partial charge in [0.25, 0.3) is 5.56 Å². The van der Waals surface area contributed by atoms with Crippen LogP contribution in [0.2, 0.25) is 0 Å². The van der Waals surface area contributed by atoms with Gasteiger partial charge in [-0.1, -0.05) is 6.08 Å². The summed E-state index contributed by atoms with van der Waals surface area (Å²) in [6, 6.07) is 0. The van der Waals surface area contributed by atoms with E-state index in [1.54, 1.807) is 22.6 Å². The van der Waals surface area contributed by atoms with Crippen molar-refractivity contribution in [3.63, 3.8) is 0 Å². The number of hydrogen-bond donors (Lipinski definition) is 1. The number of carbonyl (C=O) groups is 1. The van der Waals surface area contributed by atoms with Gasteiger partial charge in [-0.2, -0.15) is 4.98 Å². The number of rotatable bonds is 1. The van der Waals surface area contributed by atoms with Gasteiger partial charge in [0, 0.05) is 11.1 Å². The molecule has 3 rings (SSSR count). The summed E-state index contributed by atoms with van der Waals surface area (Å²) in [4.78, 5) is 28.1. The molecule has 0 amide bonds. The molecule has 0 spiro atoms. The van der Waals surface area contributed by atoms with E-state index >= 15 is 0 Å². The molecule has 21 heavy (non-hydrogen) atoms. The highest BCUT2D eigenvalue weighted by molar-refractivity contribution is 9.12. The van der Waals surface area contributed by atoms with Gasteiger partial charge in [-0.25, -0.2) is 0 Å². The first-order chi connectivity index (χ1) is 9.97. The van der Waals surface area contributed by atoms with Gasteiger partial charge in [-0.3, -0.25) is 14.0 Å². The van der Waals surface area contributed by atoms with Crippen LogP contribution in [-0.2, 0) is 4.79 Å². The Morgan fingerprint density at radius 2 is 2.14 bits per heavy atom. The Balaban J connectivity index is 2.22. The highest BCUT2D eigenvalue weighted by atomic mass is 79.9. The Hall–Kier alpha value is -1.99. The molecule has 0 radical (unpaired) electrons. The summed E-state index contributed by atoms with van der Waals surface area (Å²) in [6.07, 6.45) is 6.36. The number of carbonyl (C=O) groups excluding carboxylic acids is 1. The lowest BCUT2D eigenvalue weighted by Gasteiger charge is -2.07. The monoisotopic (exact) mass is 363 g/mol. The molecular weight excluding hydrogens is 354 g/mol. The van der Waals surface area contributed by atoms with Crippen molar-refractivity contribution >= 4 is 49.9 Å². The van der Waals surface area contributed by atoms with E-state index in [1.807, 2.05) is 12.3 Å². The highest BCUT2D eigenvalue weighted by Gasteiger charge is 2.13. The molecule has 0 aliphatic heterocycles. The van der Waals surface area contributed by atoms with E-state index < -0.39 is 0 Å². The zero-order valence-electron chi connectivity index (χ0n) is 11.0. The van der Waals surface area contributed by atoms with Gasteiger partial charge in [-0.05, 0) is 46.7 Å². The van der Waals surface area contributed by atoms with Gasteiger partial charge in [0.05, 0.1) is 10.0 Å². The Morgan fingerprint density at radius 1 is 1.38 bits per heavy atom. The fourth-order valence-corrected chi connectivity index (χ4v) is 3.31. The topological polar surface area (TPSA) is 77.5 Å².